The highest BCUT2D eigenvalue weighted by Crippen LogP contribution is 2.25. The first-order valence-corrected chi connectivity index (χ1v) is 7.45. The lowest BCUT2D eigenvalue weighted by Gasteiger charge is -2.45. The van der Waals surface area contributed by atoms with Crippen LogP contribution in [0.4, 0.5) is 0 Å². The molecule has 116 valence electrons. The van der Waals surface area contributed by atoms with Gasteiger partial charge in [-0.2, -0.15) is 0 Å². The number of carbonyl (C=O) groups excluding carboxylic acids is 1. The van der Waals surface area contributed by atoms with E-state index in [9.17, 15) is 4.79 Å². The largest absolute Gasteiger partial charge is 0.496 e. The fourth-order valence-corrected chi connectivity index (χ4v) is 2.84. The van der Waals surface area contributed by atoms with Crippen LogP contribution in [0.25, 0.3) is 0 Å². The third kappa shape index (κ3) is 3.63. The van der Waals surface area contributed by atoms with E-state index in [-0.39, 0.29) is 11.3 Å². The van der Waals surface area contributed by atoms with Crippen LogP contribution in [0.2, 0.25) is 0 Å². The van der Waals surface area contributed by atoms with E-state index in [1.165, 1.54) is 0 Å². The van der Waals surface area contributed by atoms with Crippen molar-refractivity contribution in [2.75, 3.05) is 33.8 Å². The monoisotopic (exact) mass is 290 g/mol. The van der Waals surface area contributed by atoms with E-state index in [0.717, 1.165) is 43.1 Å². The topological polar surface area (TPSA) is 32.8 Å². The van der Waals surface area contributed by atoms with Crippen molar-refractivity contribution < 1.29 is 9.53 Å². The van der Waals surface area contributed by atoms with E-state index in [0.29, 0.717) is 0 Å². The van der Waals surface area contributed by atoms with E-state index in [2.05, 4.69) is 30.7 Å². The molecule has 4 heteroatoms. The predicted octanol–water partition coefficient (Wildman–Crippen LogP) is 2.42. The number of methoxy groups -OCH3 is 1. The highest BCUT2D eigenvalue weighted by atomic mass is 16.5. The van der Waals surface area contributed by atoms with Crippen LogP contribution in [0.5, 0.6) is 5.75 Å². The summed E-state index contributed by atoms with van der Waals surface area (Å²) in [6.45, 7) is 10.1. The van der Waals surface area contributed by atoms with Crippen LogP contribution in [0, 0.1) is 0 Å². The minimum absolute atomic E-state index is 0.0950. The summed E-state index contributed by atoms with van der Waals surface area (Å²) in [6, 6.07) is 5.69. The standard InChI is InChI=1S/C17H26N2O2/c1-13(20)14-6-7-16(21-5)15(10-14)11-19-9-8-18(4)17(2,3)12-19/h6-7,10H,8-9,11-12H2,1-5H3. The molecule has 0 aromatic heterocycles. The minimum atomic E-state index is 0.0950. The molecule has 0 atom stereocenters. The molecular formula is C17H26N2O2. The smallest absolute Gasteiger partial charge is 0.159 e. The maximum absolute atomic E-state index is 11.6. The van der Waals surface area contributed by atoms with Crippen molar-refractivity contribution in [3.63, 3.8) is 0 Å². The van der Waals surface area contributed by atoms with Crippen LogP contribution >= 0.6 is 0 Å². The third-order valence-electron chi connectivity index (χ3n) is 4.48. The molecule has 2 rings (SSSR count). The Morgan fingerprint density at radius 2 is 2.05 bits per heavy atom. The van der Waals surface area contributed by atoms with Crippen molar-refractivity contribution in [1.29, 1.82) is 0 Å². The van der Waals surface area contributed by atoms with Gasteiger partial charge >= 0.3 is 0 Å². The number of ether oxygens (including phenoxy) is 1. The fourth-order valence-electron chi connectivity index (χ4n) is 2.84. The molecule has 1 aliphatic heterocycles. The molecule has 0 aliphatic carbocycles. The Bertz CT molecular complexity index is 526. The van der Waals surface area contributed by atoms with Crippen molar-refractivity contribution in [3.05, 3.63) is 29.3 Å². The average molecular weight is 290 g/mol. The van der Waals surface area contributed by atoms with E-state index in [1.807, 2.05) is 18.2 Å². The average Bonchev–Trinajstić information content (AvgIpc) is 2.42. The number of rotatable bonds is 4. The minimum Gasteiger partial charge on any atom is -0.496 e. The summed E-state index contributed by atoms with van der Waals surface area (Å²) in [4.78, 5) is 16.4. The molecule has 21 heavy (non-hydrogen) atoms. The number of ketones is 1. The number of nitrogens with zero attached hydrogens (tertiary/aromatic N) is 2. The van der Waals surface area contributed by atoms with E-state index < -0.39 is 0 Å². The molecule has 1 heterocycles. The molecule has 0 unspecified atom stereocenters. The number of piperazine rings is 1. The van der Waals surface area contributed by atoms with Gasteiger partial charge in [0, 0.05) is 42.8 Å². The van der Waals surface area contributed by atoms with Crippen LogP contribution in [0.15, 0.2) is 18.2 Å². The number of carbonyl (C=O) groups is 1. The van der Waals surface area contributed by atoms with Crippen molar-refractivity contribution in [3.8, 4) is 5.75 Å². The number of hydrogen-bond acceptors (Lipinski definition) is 4. The first kappa shape index (κ1) is 16.0. The van der Waals surface area contributed by atoms with Crippen molar-refractivity contribution in [2.45, 2.75) is 32.9 Å². The summed E-state index contributed by atoms with van der Waals surface area (Å²) in [5.41, 5.74) is 2.01. The summed E-state index contributed by atoms with van der Waals surface area (Å²) in [5, 5.41) is 0. The Morgan fingerprint density at radius 3 is 2.62 bits per heavy atom. The Balaban J connectivity index is 2.18. The van der Waals surface area contributed by atoms with Gasteiger partial charge in [-0.05, 0) is 46.0 Å². The summed E-state index contributed by atoms with van der Waals surface area (Å²) in [7, 11) is 3.86. The zero-order valence-electron chi connectivity index (χ0n) is 13.8. The highest BCUT2D eigenvalue weighted by molar-refractivity contribution is 5.94. The summed E-state index contributed by atoms with van der Waals surface area (Å²) >= 11 is 0. The Kier molecular flexibility index (Phi) is 4.69. The molecule has 1 fully saturated rings. The van der Waals surface area contributed by atoms with Gasteiger partial charge in [0.05, 0.1) is 7.11 Å². The highest BCUT2D eigenvalue weighted by Gasteiger charge is 2.31. The molecule has 1 saturated heterocycles. The second-order valence-corrected chi connectivity index (χ2v) is 6.53. The molecule has 0 radical (unpaired) electrons. The number of benzene rings is 1. The lowest BCUT2D eigenvalue weighted by molar-refractivity contribution is 0.0356. The molecule has 1 aromatic carbocycles. The van der Waals surface area contributed by atoms with E-state index >= 15 is 0 Å². The van der Waals surface area contributed by atoms with Gasteiger partial charge in [-0.25, -0.2) is 0 Å². The Labute approximate surface area is 127 Å². The quantitative estimate of drug-likeness (QED) is 0.797. The van der Waals surface area contributed by atoms with Crippen LogP contribution < -0.4 is 4.74 Å². The summed E-state index contributed by atoms with van der Waals surface area (Å²) in [6.07, 6.45) is 0. The van der Waals surface area contributed by atoms with Gasteiger partial charge in [0.15, 0.2) is 5.78 Å². The molecule has 0 amide bonds. The van der Waals surface area contributed by atoms with Crippen LogP contribution in [-0.2, 0) is 6.54 Å². The second kappa shape index (κ2) is 6.16. The van der Waals surface area contributed by atoms with Crippen molar-refractivity contribution >= 4 is 5.78 Å². The molecule has 0 N–H and O–H groups in total. The summed E-state index contributed by atoms with van der Waals surface area (Å²) < 4.78 is 5.45. The predicted molar refractivity (Wildman–Crippen MR) is 85.0 cm³/mol. The Hall–Kier alpha value is -1.39. The zero-order chi connectivity index (χ0) is 15.6. The summed E-state index contributed by atoms with van der Waals surface area (Å²) in [5.74, 6) is 0.953. The second-order valence-electron chi connectivity index (χ2n) is 6.53. The van der Waals surface area contributed by atoms with Crippen LogP contribution in [0.3, 0.4) is 0 Å². The van der Waals surface area contributed by atoms with Gasteiger partial charge in [-0.1, -0.05) is 0 Å². The molecule has 4 nitrogen and oxygen atoms in total. The van der Waals surface area contributed by atoms with E-state index in [4.69, 9.17) is 4.74 Å². The first-order valence-electron chi connectivity index (χ1n) is 7.45. The van der Waals surface area contributed by atoms with Gasteiger partial charge in [0.25, 0.3) is 0 Å². The SMILES string of the molecule is COc1ccc(C(C)=O)cc1CN1CCN(C)C(C)(C)C1. The first-order chi connectivity index (χ1) is 9.83. The lowest BCUT2D eigenvalue weighted by atomic mass is 9.98. The third-order valence-corrected chi connectivity index (χ3v) is 4.48. The zero-order valence-corrected chi connectivity index (χ0v) is 13.8. The normalized spacial score (nSPS) is 19.5. The van der Waals surface area contributed by atoms with Crippen molar-refractivity contribution in [1.82, 2.24) is 9.80 Å². The number of likely N-dealkylation sites (N-methyl/N-ethyl adjacent to an activating group) is 1. The maximum Gasteiger partial charge on any atom is 0.159 e. The van der Waals surface area contributed by atoms with E-state index in [1.54, 1.807) is 14.0 Å². The molecule has 0 spiro atoms. The molecule has 0 bridgehead atoms. The van der Waals surface area contributed by atoms with Crippen molar-refractivity contribution in [2.24, 2.45) is 0 Å². The molecule has 0 saturated carbocycles. The fraction of sp³-hybridized carbons (Fsp3) is 0.588. The Morgan fingerprint density at radius 1 is 1.33 bits per heavy atom. The van der Waals surface area contributed by atoms with Gasteiger partial charge in [0.1, 0.15) is 5.75 Å². The van der Waals surface area contributed by atoms with Crippen LogP contribution in [0.1, 0.15) is 36.7 Å². The molecule has 1 aliphatic rings. The molecular weight excluding hydrogens is 264 g/mol. The van der Waals surface area contributed by atoms with Gasteiger partial charge in [-0.3, -0.25) is 14.6 Å². The molecule has 1 aromatic rings. The lowest BCUT2D eigenvalue weighted by Crippen LogP contribution is -2.57. The van der Waals surface area contributed by atoms with Gasteiger partial charge in [0.2, 0.25) is 0 Å². The van der Waals surface area contributed by atoms with Gasteiger partial charge in [-0.15, -0.1) is 0 Å². The number of hydrogen-bond donors (Lipinski definition) is 0. The van der Waals surface area contributed by atoms with Gasteiger partial charge < -0.3 is 4.74 Å². The number of Topliss-reactive ketones (excluding diaryl/α,β-unsaturated/α-hetero) is 1. The van der Waals surface area contributed by atoms with Crippen LogP contribution in [-0.4, -0.2) is 54.9 Å². The maximum atomic E-state index is 11.6.